The number of halogens is 2. The Bertz CT molecular complexity index is 1380. The summed E-state index contributed by atoms with van der Waals surface area (Å²) in [7, 11) is 1.31. The van der Waals surface area contributed by atoms with E-state index in [1.807, 2.05) is 5.43 Å². The molecule has 2 N–H and O–H groups in total. The highest BCUT2D eigenvalue weighted by atomic mass is 35.5. The molecule has 0 heterocycles. The van der Waals surface area contributed by atoms with Gasteiger partial charge in [-0.2, -0.15) is 5.10 Å². The minimum atomic E-state index is -1.10. The fourth-order valence-electron chi connectivity index (χ4n) is 2.79. The second kappa shape index (κ2) is 11.5. The molecular formula is C23H16ClFN4O7. The molecule has 184 valence electrons. The normalized spacial score (nSPS) is 10.5. The SMILES string of the molecule is COc1cc(C=NNC(=O)C(=O)Nc2ccc(F)c(Cl)c2)ccc1OC(=O)c1ccccc1[N+](=O)[O-]. The monoisotopic (exact) mass is 514 g/mol. The number of hydrogen-bond donors (Lipinski definition) is 2. The molecule has 0 saturated heterocycles. The molecule has 36 heavy (non-hydrogen) atoms. The molecule has 0 saturated carbocycles. The molecule has 11 nitrogen and oxygen atoms in total. The molecule has 13 heteroatoms. The molecule has 0 spiro atoms. The molecule has 0 bridgehead atoms. The van der Waals surface area contributed by atoms with Gasteiger partial charge in [0.15, 0.2) is 11.5 Å². The third-order valence-electron chi connectivity index (χ3n) is 4.47. The molecule has 0 aliphatic carbocycles. The number of nitro benzene ring substituents is 1. The van der Waals surface area contributed by atoms with Crippen molar-refractivity contribution in [3.63, 3.8) is 0 Å². The van der Waals surface area contributed by atoms with E-state index in [0.29, 0.717) is 5.56 Å². The van der Waals surface area contributed by atoms with Crippen LogP contribution in [0.5, 0.6) is 11.5 Å². The van der Waals surface area contributed by atoms with Crippen molar-refractivity contribution < 1.29 is 33.2 Å². The van der Waals surface area contributed by atoms with Gasteiger partial charge in [-0.1, -0.05) is 23.7 Å². The number of rotatable bonds is 7. The van der Waals surface area contributed by atoms with Crippen molar-refractivity contribution in [1.29, 1.82) is 0 Å². The van der Waals surface area contributed by atoms with Crippen molar-refractivity contribution in [3.8, 4) is 11.5 Å². The topological polar surface area (TPSA) is 149 Å². The maximum Gasteiger partial charge on any atom is 0.350 e. The van der Waals surface area contributed by atoms with Crippen molar-refractivity contribution in [1.82, 2.24) is 5.43 Å². The van der Waals surface area contributed by atoms with Gasteiger partial charge in [-0.25, -0.2) is 14.6 Å². The highest BCUT2D eigenvalue weighted by Gasteiger charge is 2.22. The zero-order valence-electron chi connectivity index (χ0n) is 18.4. The van der Waals surface area contributed by atoms with Crippen LogP contribution in [0.1, 0.15) is 15.9 Å². The number of esters is 1. The van der Waals surface area contributed by atoms with Crippen LogP contribution in [0, 0.1) is 15.9 Å². The van der Waals surface area contributed by atoms with Crippen LogP contribution in [0.2, 0.25) is 5.02 Å². The van der Waals surface area contributed by atoms with Crippen LogP contribution in [0.15, 0.2) is 65.8 Å². The number of carbonyl (C=O) groups is 3. The van der Waals surface area contributed by atoms with Crippen molar-refractivity contribution in [2.24, 2.45) is 5.10 Å². The number of hydrogen-bond acceptors (Lipinski definition) is 8. The first-order chi connectivity index (χ1) is 17.2. The number of nitrogens with one attached hydrogen (secondary N) is 2. The fraction of sp³-hybridized carbons (Fsp3) is 0.0435. The van der Waals surface area contributed by atoms with E-state index in [0.717, 1.165) is 12.1 Å². The van der Waals surface area contributed by atoms with Gasteiger partial charge in [0.2, 0.25) is 0 Å². The Labute approximate surface area is 207 Å². The van der Waals surface area contributed by atoms with Gasteiger partial charge in [-0.3, -0.25) is 19.7 Å². The smallest absolute Gasteiger partial charge is 0.350 e. The van der Waals surface area contributed by atoms with Gasteiger partial charge in [0, 0.05) is 11.8 Å². The molecule has 0 atom stereocenters. The molecule has 2 amide bonds. The third-order valence-corrected chi connectivity index (χ3v) is 4.76. The Morgan fingerprint density at radius 3 is 2.50 bits per heavy atom. The number of ether oxygens (including phenoxy) is 2. The Morgan fingerprint density at radius 1 is 1.06 bits per heavy atom. The first-order valence-electron chi connectivity index (χ1n) is 9.92. The highest BCUT2D eigenvalue weighted by Crippen LogP contribution is 2.29. The van der Waals surface area contributed by atoms with E-state index in [1.165, 1.54) is 61.9 Å². The summed E-state index contributed by atoms with van der Waals surface area (Å²) in [6.07, 6.45) is 1.19. The van der Waals surface area contributed by atoms with E-state index in [1.54, 1.807) is 0 Å². The van der Waals surface area contributed by atoms with Crippen LogP contribution in [0.3, 0.4) is 0 Å². The predicted molar refractivity (Wildman–Crippen MR) is 127 cm³/mol. The minimum absolute atomic E-state index is 0.0147. The quantitative estimate of drug-likeness (QED) is 0.122. The van der Waals surface area contributed by atoms with Gasteiger partial charge < -0.3 is 14.8 Å². The van der Waals surface area contributed by atoms with Crippen LogP contribution >= 0.6 is 11.6 Å². The molecule has 3 aromatic rings. The van der Waals surface area contributed by atoms with Crippen LogP contribution in [-0.2, 0) is 9.59 Å². The Morgan fingerprint density at radius 2 is 1.81 bits per heavy atom. The molecule has 0 aromatic heterocycles. The number of nitro groups is 1. The van der Waals surface area contributed by atoms with Crippen molar-refractivity contribution in [3.05, 3.63) is 92.7 Å². The van der Waals surface area contributed by atoms with Gasteiger partial charge in [-0.05, 0) is 48.0 Å². The summed E-state index contributed by atoms with van der Waals surface area (Å²) >= 11 is 5.63. The number of anilines is 1. The standard InChI is InChI=1S/C23H16ClFN4O7/c1-35-20-10-13(6-9-19(20)36-23(32)15-4-2-3-5-18(15)29(33)34)12-26-28-22(31)21(30)27-14-7-8-17(25)16(24)11-14/h2-12H,1H3,(H,27,30)(H,28,31). The predicted octanol–water partition coefficient (Wildman–Crippen LogP) is 3.70. The summed E-state index contributed by atoms with van der Waals surface area (Å²) < 4.78 is 23.6. The summed E-state index contributed by atoms with van der Waals surface area (Å²) in [6.45, 7) is 0. The number of nitrogens with zero attached hydrogens (tertiary/aromatic N) is 2. The summed E-state index contributed by atoms with van der Waals surface area (Å²) in [4.78, 5) is 46.8. The van der Waals surface area contributed by atoms with E-state index >= 15 is 0 Å². The van der Waals surface area contributed by atoms with Crippen LogP contribution in [0.25, 0.3) is 0 Å². The third kappa shape index (κ3) is 6.39. The van der Waals surface area contributed by atoms with Crippen molar-refractivity contribution in [2.45, 2.75) is 0 Å². The largest absolute Gasteiger partial charge is 0.493 e. The Kier molecular flexibility index (Phi) is 8.26. The lowest BCUT2D eigenvalue weighted by molar-refractivity contribution is -0.385. The number of para-hydroxylation sites is 1. The summed E-state index contributed by atoms with van der Waals surface area (Å²) in [5.74, 6) is -3.72. The van der Waals surface area contributed by atoms with Gasteiger partial charge in [0.05, 0.1) is 23.3 Å². The minimum Gasteiger partial charge on any atom is -0.493 e. The fourth-order valence-corrected chi connectivity index (χ4v) is 2.97. The molecule has 0 aliphatic rings. The summed E-state index contributed by atoms with van der Waals surface area (Å²) in [6, 6.07) is 13.0. The second-order valence-corrected chi connectivity index (χ2v) is 7.26. The van der Waals surface area contributed by atoms with E-state index in [2.05, 4.69) is 10.4 Å². The number of carbonyl (C=O) groups excluding carboxylic acids is 3. The molecule has 3 rings (SSSR count). The number of amides is 2. The van der Waals surface area contributed by atoms with Crippen LogP contribution < -0.4 is 20.2 Å². The van der Waals surface area contributed by atoms with E-state index < -0.39 is 34.2 Å². The lowest BCUT2D eigenvalue weighted by atomic mass is 10.2. The van der Waals surface area contributed by atoms with Gasteiger partial charge >= 0.3 is 17.8 Å². The maximum absolute atomic E-state index is 13.2. The number of hydrazone groups is 1. The van der Waals surface area contributed by atoms with Gasteiger partial charge in [0.1, 0.15) is 11.4 Å². The lowest BCUT2D eigenvalue weighted by Gasteiger charge is -2.10. The Balaban J connectivity index is 1.64. The van der Waals surface area contributed by atoms with Gasteiger partial charge in [-0.15, -0.1) is 0 Å². The zero-order chi connectivity index (χ0) is 26.2. The first-order valence-corrected chi connectivity index (χ1v) is 10.3. The second-order valence-electron chi connectivity index (χ2n) is 6.86. The van der Waals surface area contributed by atoms with Crippen molar-refractivity contribution in [2.75, 3.05) is 12.4 Å². The molecule has 0 radical (unpaired) electrons. The molecule has 3 aromatic carbocycles. The molecule has 0 aliphatic heterocycles. The number of methoxy groups -OCH3 is 1. The lowest BCUT2D eigenvalue weighted by Crippen LogP contribution is -2.32. The molecular weight excluding hydrogens is 499 g/mol. The van der Waals surface area contributed by atoms with Crippen molar-refractivity contribution >= 4 is 47.0 Å². The Hall–Kier alpha value is -4.84. The average molecular weight is 515 g/mol. The summed E-state index contributed by atoms with van der Waals surface area (Å²) in [5, 5.41) is 16.8. The maximum atomic E-state index is 13.2. The van der Waals surface area contributed by atoms with E-state index in [-0.39, 0.29) is 27.8 Å². The molecule has 0 fully saturated rings. The van der Waals surface area contributed by atoms with Crippen LogP contribution in [-0.4, -0.2) is 36.0 Å². The van der Waals surface area contributed by atoms with Crippen LogP contribution in [0.4, 0.5) is 15.8 Å². The summed E-state index contributed by atoms with van der Waals surface area (Å²) in [5.41, 5.74) is 1.88. The average Bonchev–Trinajstić information content (AvgIpc) is 2.86. The first kappa shape index (κ1) is 25.8. The van der Waals surface area contributed by atoms with E-state index in [9.17, 15) is 28.9 Å². The highest BCUT2D eigenvalue weighted by molar-refractivity contribution is 6.39. The van der Waals surface area contributed by atoms with E-state index in [4.69, 9.17) is 21.1 Å². The van der Waals surface area contributed by atoms with Gasteiger partial charge in [0.25, 0.3) is 5.69 Å². The molecule has 0 unspecified atom stereocenters. The zero-order valence-corrected chi connectivity index (χ0v) is 19.1. The number of benzene rings is 3.